The van der Waals surface area contributed by atoms with Crippen LogP contribution in [0, 0.1) is 0 Å². The molecule has 0 heterocycles. The smallest absolute Gasteiger partial charge is 0.408 e. The zero-order chi connectivity index (χ0) is 27.2. The molecule has 0 fully saturated rings. The number of hydrogen-bond donors (Lipinski definition) is 1. The van der Waals surface area contributed by atoms with Gasteiger partial charge in [-0.2, -0.15) is 0 Å². The maximum Gasteiger partial charge on any atom is 0.408 e. The predicted molar refractivity (Wildman–Crippen MR) is 139 cm³/mol. The van der Waals surface area contributed by atoms with Crippen LogP contribution >= 0.6 is 0 Å². The zero-order valence-electron chi connectivity index (χ0n) is 22.9. The minimum absolute atomic E-state index is 0.0264. The number of nitrogens with zero attached hydrogens (tertiary/aromatic N) is 1. The quantitative estimate of drug-likeness (QED) is 0.143. The molecular weight excluding hydrogens is 446 g/mol. The molecule has 0 saturated carbocycles. The number of allylic oxidation sites excluding steroid dienone is 1. The van der Waals surface area contributed by atoms with E-state index in [0.717, 1.165) is 16.7 Å². The summed E-state index contributed by atoms with van der Waals surface area (Å²) in [7, 11) is 0. The van der Waals surface area contributed by atoms with Crippen molar-refractivity contribution in [2.75, 3.05) is 6.54 Å². The van der Waals surface area contributed by atoms with Gasteiger partial charge >= 0.3 is 12.1 Å². The van der Waals surface area contributed by atoms with E-state index in [1.807, 2.05) is 65.8 Å². The second-order valence-electron chi connectivity index (χ2n) is 10.7. The highest BCUT2D eigenvalue weighted by Crippen LogP contribution is 2.34. The van der Waals surface area contributed by atoms with Crippen LogP contribution in [0.25, 0.3) is 5.57 Å². The number of hydrogen-bond acceptors (Lipinski definition) is 5. The van der Waals surface area contributed by atoms with E-state index in [0.29, 0.717) is 6.42 Å². The number of ether oxygens (including phenoxy) is 1. The first-order chi connectivity index (χ1) is 15.9. The number of rotatable bonds is 13. The highest BCUT2D eigenvalue weighted by atomic mass is 17.2. The molecule has 0 aliphatic carbocycles. The van der Waals surface area contributed by atoms with Crippen LogP contribution in [0.5, 0.6) is 0 Å². The standard InChI is InChI=1S/C28H43NO6/c1-12-26(7,8)34-35-28(11,17-21(6)33-24(30)20(4)5)18-29(25(31)32)27(9,10)23-15-13-14-22(16-23)19(2)3/h13-16,21H,2,4,12,17-18H2,1,3,5-11H3,(H,31,32). The van der Waals surface area contributed by atoms with Crippen LogP contribution in [0.2, 0.25) is 0 Å². The molecule has 196 valence electrons. The summed E-state index contributed by atoms with van der Waals surface area (Å²) in [5.74, 6) is -0.512. The molecule has 1 aromatic carbocycles. The van der Waals surface area contributed by atoms with Crippen LogP contribution in [0.4, 0.5) is 4.79 Å². The van der Waals surface area contributed by atoms with Crippen LogP contribution in [0.15, 0.2) is 43.0 Å². The molecule has 1 aromatic rings. The van der Waals surface area contributed by atoms with Crippen molar-refractivity contribution < 1.29 is 29.2 Å². The van der Waals surface area contributed by atoms with Gasteiger partial charge < -0.3 is 9.84 Å². The number of carboxylic acid groups (broad SMARTS) is 1. The van der Waals surface area contributed by atoms with Gasteiger partial charge in [0.2, 0.25) is 0 Å². The molecule has 7 nitrogen and oxygen atoms in total. The SMILES string of the molecule is C=C(C)C(=O)OC(C)CC(C)(CN(C(=O)O)C(C)(C)c1cccc(C(=C)C)c1)OOC(C)(C)CC. The summed E-state index contributed by atoms with van der Waals surface area (Å²) in [6, 6.07) is 7.68. The van der Waals surface area contributed by atoms with Gasteiger partial charge in [0.15, 0.2) is 0 Å². The lowest BCUT2D eigenvalue weighted by Gasteiger charge is -2.43. The van der Waals surface area contributed by atoms with Crippen molar-refractivity contribution in [3.8, 4) is 0 Å². The van der Waals surface area contributed by atoms with E-state index in [9.17, 15) is 14.7 Å². The number of esters is 1. The normalized spacial score (nSPS) is 14.5. The maximum absolute atomic E-state index is 12.5. The van der Waals surface area contributed by atoms with Crippen molar-refractivity contribution in [2.24, 2.45) is 0 Å². The molecule has 0 saturated heterocycles. The van der Waals surface area contributed by atoms with Crippen LogP contribution in [-0.4, -0.2) is 45.9 Å². The number of carbonyl (C=O) groups is 2. The molecule has 0 aliphatic heterocycles. The Morgan fingerprint density at radius 2 is 1.69 bits per heavy atom. The maximum atomic E-state index is 12.5. The van der Waals surface area contributed by atoms with Gasteiger partial charge in [0.25, 0.3) is 0 Å². The van der Waals surface area contributed by atoms with E-state index in [-0.39, 0.29) is 18.5 Å². The van der Waals surface area contributed by atoms with Crippen LogP contribution in [0.1, 0.15) is 86.3 Å². The Labute approximate surface area is 210 Å². The Kier molecular flexibility index (Phi) is 10.3. The number of amides is 1. The summed E-state index contributed by atoms with van der Waals surface area (Å²) in [5.41, 5.74) is 0.322. The molecule has 1 rings (SSSR count). The lowest BCUT2D eigenvalue weighted by Crippen LogP contribution is -2.54. The minimum Gasteiger partial charge on any atom is -0.465 e. The molecule has 7 heteroatoms. The van der Waals surface area contributed by atoms with Gasteiger partial charge in [0.05, 0.1) is 17.7 Å². The summed E-state index contributed by atoms with van der Waals surface area (Å²) in [4.78, 5) is 37.6. The average molecular weight is 490 g/mol. The third-order valence-corrected chi connectivity index (χ3v) is 6.16. The first-order valence-corrected chi connectivity index (χ1v) is 11.9. The van der Waals surface area contributed by atoms with E-state index in [4.69, 9.17) is 14.5 Å². The summed E-state index contributed by atoms with van der Waals surface area (Å²) >= 11 is 0. The molecule has 0 aliphatic rings. The van der Waals surface area contributed by atoms with E-state index in [1.54, 1.807) is 20.8 Å². The van der Waals surface area contributed by atoms with Gasteiger partial charge in [0.1, 0.15) is 11.7 Å². The Bertz CT molecular complexity index is 935. The molecule has 0 spiro atoms. The van der Waals surface area contributed by atoms with E-state index < -0.39 is 34.9 Å². The average Bonchev–Trinajstić information content (AvgIpc) is 2.76. The van der Waals surface area contributed by atoms with Crippen molar-refractivity contribution in [2.45, 2.75) is 98.0 Å². The highest BCUT2D eigenvalue weighted by Gasteiger charge is 2.42. The Balaban J connectivity index is 3.36. The Morgan fingerprint density at radius 1 is 1.09 bits per heavy atom. The van der Waals surface area contributed by atoms with Gasteiger partial charge in [-0.1, -0.05) is 43.9 Å². The van der Waals surface area contributed by atoms with Crippen molar-refractivity contribution in [3.63, 3.8) is 0 Å². The third-order valence-electron chi connectivity index (χ3n) is 6.16. The van der Waals surface area contributed by atoms with Crippen LogP contribution in [0.3, 0.4) is 0 Å². The summed E-state index contributed by atoms with van der Waals surface area (Å²) in [6.45, 7) is 24.0. The lowest BCUT2D eigenvalue weighted by molar-refractivity contribution is -0.409. The monoisotopic (exact) mass is 489 g/mol. The molecule has 35 heavy (non-hydrogen) atoms. The molecule has 2 unspecified atom stereocenters. The summed E-state index contributed by atoms with van der Waals surface area (Å²) in [6.07, 6.45) is -0.780. The fraction of sp³-hybridized carbons (Fsp3) is 0.571. The van der Waals surface area contributed by atoms with Gasteiger partial charge in [-0.15, -0.1) is 0 Å². The molecule has 0 aromatic heterocycles. The van der Waals surface area contributed by atoms with Crippen molar-refractivity contribution in [1.82, 2.24) is 4.90 Å². The van der Waals surface area contributed by atoms with Crippen LogP contribution < -0.4 is 0 Å². The zero-order valence-corrected chi connectivity index (χ0v) is 22.9. The van der Waals surface area contributed by atoms with Gasteiger partial charge in [-0.25, -0.2) is 19.4 Å². The van der Waals surface area contributed by atoms with Crippen molar-refractivity contribution in [3.05, 3.63) is 54.1 Å². The second kappa shape index (κ2) is 11.9. The fourth-order valence-corrected chi connectivity index (χ4v) is 3.49. The molecule has 1 N–H and O–H groups in total. The molecule has 1 amide bonds. The van der Waals surface area contributed by atoms with E-state index in [2.05, 4.69) is 13.2 Å². The predicted octanol–water partition coefficient (Wildman–Crippen LogP) is 6.73. The van der Waals surface area contributed by atoms with Crippen molar-refractivity contribution >= 4 is 17.6 Å². The number of carbonyl (C=O) groups excluding carboxylic acids is 1. The molecular formula is C28H43NO6. The second-order valence-corrected chi connectivity index (χ2v) is 10.7. The van der Waals surface area contributed by atoms with Crippen molar-refractivity contribution in [1.29, 1.82) is 0 Å². The first kappa shape index (κ1) is 30.4. The molecule has 0 bridgehead atoms. The van der Waals surface area contributed by atoms with Crippen LogP contribution in [-0.2, 0) is 24.8 Å². The highest BCUT2D eigenvalue weighted by molar-refractivity contribution is 5.87. The lowest BCUT2D eigenvalue weighted by atomic mass is 9.88. The molecule has 0 radical (unpaired) electrons. The van der Waals surface area contributed by atoms with Gasteiger partial charge in [-0.3, -0.25) is 4.90 Å². The Hall–Kier alpha value is -2.64. The molecule has 2 atom stereocenters. The summed E-state index contributed by atoms with van der Waals surface area (Å²) < 4.78 is 5.47. The summed E-state index contributed by atoms with van der Waals surface area (Å²) in [5, 5.41) is 10.3. The third kappa shape index (κ3) is 8.82. The van der Waals surface area contributed by atoms with Gasteiger partial charge in [0, 0.05) is 12.0 Å². The minimum atomic E-state index is -1.12. The number of benzene rings is 1. The fourth-order valence-electron chi connectivity index (χ4n) is 3.49. The first-order valence-electron chi connectivity index (χ1n) is 11.9. The van der Waals surface area contributed by atoms with Gasteiger partial charge in [-0.05, 0) is 79.0 Å². The van der Waals surface area contributed by atoms with E-state index >= 15 is 0 Å². The topological polar surface area (TPSA) is 85.3 Å². The largest absolute Gasteiger partial charge is 0.465 e. The Morgan fingerprint density at radius 3 is 2.17 bits per heavy atom. The van der Waals surface area contributed by atoms with E-state index in [1.165, 1.54) is 4.90 Å².